The second-order valence-corrected chi connectivity index (χ2v) is 20.1. The van der Waals surface area contributed by atoms with Crippen molar-refractivity contribution in [2.45, 2.75) is 232 Å². The molecule has 31 nitrogen and oxygen atoms in total. The largest absolute Gasteiger partial charge is 0.505 e. The molecule has 0 aromatic heterocycles. The second kappa shape index (κ2) is 27.3. The van der Waals surface area contributed by atoms with Gasteiger partial charge in [-0.3, -0.25) is 0 Å². The monoisotopic (exact) mass is 1110 g/mol. The van der Waals surface area contributed by atoms with Gasteiger partial charge in [0.05, 0.1) is 56.4 Å². The van der Waals surface area contributed by atoms with Gasteiger partial charge in [0.2, 0.25) is 12.6 Å². The molecule has 19 N–H and O–H groups in total. The highest BCUT2D eigenvalue weighted by molar-refractivity contribution is 5.10. The zero-order valence-corrected chi connectivity index (χ0v) is 42.1. The third kappa shape index (κ3) is 13.7. The van der Waals surface area contributed by atoms with Crippen LogP contribution in [0.5, 0.6) is 0 Å². The minimum Gasteiger partial charge on any atom is -0.505 e. The molecule has 31 heteroatoms. The normalized spacial score (nSPS) is 49.8. The van der Waals surface area contributed by atoms with Gasteiger partial charge in [-0.15, -0.1) is 0 Å². The molecule has 6 saturated heterocycles. The van der Waals surface area contributed by atoms with E-state index in [1.807, 2.05) is 0 Å². The Labute approximate surface area is 435 Å². The lowest BCUT2D eigenvalue weighted by Crippen LogP contribution is -2.66. The Balaban J connectivity index is 1.35. The van der Waals surface area contributed by atoms with E-state index in [-0.39, 0.29) is 0 Å². The molecule has 6 aliphatic rings. The molecule has 0 spiro atoms. The Kier molecular flexibility index (Phi) is 22.8. The number of aliphatic hydroxyl groups excluding tert-OH is 19. The lowest BCUT2D eigenvalue weighted by Gasteiger charge is -2.50. The molecule has 0 aliphatic carbocycles. The molecule has 6 rings (SSSR count). The lowest BCUT2D eigenvalue weighted by molar-refractivity contribution is -0.391. The minimum absolute atomic E-state index is 0.521. The van der Waals surface area contributed by atoms with Crippen LogP contribution < -0.4 is 0 Å². The molecule has 18 unspecified atom stereocenters. The summed E-state index contributed by atoms with van der Waals surface area (Å²) < 4.78 is 70.8. The van der Waals surface area contributed by atoms with Crippen molar-refractivity contribution in [3.8, 4) is 0 Å². The van der Waals surface area contributed by atoms with Crippen LogP contribution in [0.4, 0.5) is 0 Å². The summed E-state index contributed by atoms with van der Waals surface area (Å²) in [6, 6.07) is 0. The molecule has 0 radical (unpaired) electrons. The fourth-order valence-corrected chi connectivity index (χ4v) is 9.78. The quantitative estimate of drug-likeness (QED) is 0.0422. The van der Waals surface area contributed by atoms with Crippen molar-refractivity contribution in [3.05, 3.63) is 11.5 Å². The Hall–Kier alpha value is -1.82. The SMILES string of the molecule is CC1C(O[C@@H]2OC(C)[C@@H](O)C(O)CC2O)[C@H](O[C@@H]2OC(CO)[C@H](O)C(O)C2O[C@@H]2OC(C)[C@@H](O)C(O)C2O)C(CO)O[C@H]1O/C(=C(\O)[C@@H](O)O[C@@H]1C(CO)O[C@@H](O)C(C)C1O[C@@H]1OC(C)[C@@H](O)C(O)C1O)[C@@H](O)CCO. The van der Waals surface area contributed by atoms with Gasteiger partial charge in [0.25, 0.3) is 0 Å². The van der Waals surface area contributed by atoms with Crippen molar-refractivity contribution >= 4 is 0 Å². The molecule has 0 saturated carbocycles. The molecule has 32 atom stereocenters. The highest BCUT2D eigenvalue weighted by Crippen LogP contribution is 2.40. The summed E-state index contributed by atoms with van der Waals surface area (Å²) >= 11 is 0. The summed E-state index contributed by atoms with van der Waals surface area (Å²) in [7, 11) is 0. The van der Waals surface area contributed by atoms with Crippen LogP contribution in [-0.4, -0.2) is 308 Å². The van der Waals surface area contributed by atoms with Gasteiger partial charge in [-0.2, -0.15) is 0 Å². The standard InChI is InChI=1S/C45H78O31/c1-12-33(73-43-30(60)27(57)24(54)15(4)66-43)36(21(10-48)68-39(12)63)71-40(64)32(62)35(17(50)6-7-46)74-41-13(2)34(72-42-19(52)8-18(51)23(53)14(3)65-42)37(22(11-49)70-41)75-45-38(29(59)26(56)20(9-47)69-45)76-44-31(61)28(58)25(55)16(5)67-44/h12-31,33-34,36-64H,6-11H2,1-5H3/b35-32-/t12?,13?,14?,15?,16?,17-,18?,19?,20?,21?,22?,23+,24+,25+,26-,27?,28?,29?,30?,31?,33?,34?,36+,37+,38?,39+,40-,41-,42-,43-,44-,45-/m0/s1. The topological polar surface area (TPSA) is 495 Å². The summed E-state index contributed by atoms with van der Waals surface area (Å²) in [6.07, 6.45) is -52.8. The average molecular weight is 1120 g/mol. The van der Waals surface area contributed by atoms with Crippen molar-refractivity contribution in [1.82, 2.24) is 0 Å². The highest BCUT2D eigenvalue weighted by Gasteiger charge is 2.56. The van der Waals surface area contributed by atoms with Gasteiger partial charge in [0.1, 0.15) is 104 Å². The smallest absolute Gasteiger partial charge is 0.218 e. The molecule has 0 bridgehead atoms. The molecular weight excluding hydrogens is 1040 g/mol. The van der Waals surface area contributed by atoms with Crippen molar-refractivity contribution in [2.75, 3.05) is 26.4 Å². The van der Waals surface area contributed by atoms with Crippen LogP contribution in [0.15, 0.2) is 11.5 Å². The minimum atomic E-state index is -2.59. The first-order valence-electron chi connectivity index (χ1n) is 25.1. The number of hydrogen-bond donors (Lipinski definition) is 19. The maximum Gasteiger partial charge on any atom is 0.218 e. The molecular formula is C45H78O31. The Morgan fingerprint density at radius 1 is 0.447 bits per heavy atom. The number of aliphatic hydroxyl groups is 19. The third-order valence-electron chi connectivity index (χ3n) is 14.6. The second-order valence-electron chi connectivity index (χ2n) is 20.1. The first-order valence-corrected chi connectivity index (χ1v) is 25.1. The zero-order valence-electron chi connectivity index (χ0n) is 42.1. The van der Waals surface area contributed by atoms with Gasteiger partial charge in [0, 0.05) is 31.3 Å². The van der Waals surface area contributed by atoms with E-state index in [9.17, 15) is 97.0 Å². The first kappa shape index (κ1) is 63.4. The van der Waals surface area contributed by atoms with Crippen molar-refractivity contribution in [1.29, 1.82) is 0 Å². The molecule has 6 aliphatic heterocycles. The predicted molar refractivity (Wildman–Crippen MR) is 240 cm³/mol. The fourth-order valence-electron chi connectivity index (χ4n) is 9.78. The van der Waals surface area contributed by atoms with E-state index in [1.165, 1.54) is 34.6 Å². The third-order valence-corrected chi connectivity index (χ3v) is 14.6. The maximum atomic E-state index is 11.7. The van der Waals surface area contributed by atoms with Gasteiger partial charge in [-0.25, -0.2) is 0 Å². The van der Waals surface area contributed by atoms with Crippen LogP contribution in [0.3, 0.4) is 0 Å². The van der Waals surface area contributed by atoms with E-state index < -0.39 is 247 Å². The lowest BCUT2D eigenvalue weighted by atomic mass is 9.91. The first-order chi connectivity index (χ1) is 35.8. The van der Waals surface area contributed by atoms with Crippen molar-refractivity contribution in [2.24, 2.45) is 11.8 Å². The van der Waals surface area contributed by atoms with Crippen LogP contribution in [0.2, 0.25) is 0 Å². The molecule has 0 aromatic carbocycles. The maximum absolute atomic E-state index is 11.7. The Morgan fingerprint density at radius 3 is 1.47 bits per heavy atom. The Morgan fingerprint density at radius 2 is 0.921 bits per heavy atom. The molecule has 0 aromatic rings. The fraction of sp³-hybridized carbons (Fsp3) is 0.956. The van der Waals surface area contributed by atoms with E-state index in [1.54, 1.807) is 0 Å². The Bertz CT molecular complexity index is 1810. The van der Waals surface area contributed by atoms with Crippen LogP contribution in [0.1, 0.15) is 47.5 Å². The molecule has 6 fully saturated rings. The van der Waals surface area contributed by atoms with Crippen LogP contribution in [-0.2, 0) is 56.8 Å². The summed E-state index contributed by atoms with van der Waals surface area (Å²) in [5, 5.41) is 205. The van der Waals surface area contributed by atoms with Crippen LogP contribution >= 0.6 is 0 Å². The molecule has 76 heavy (non-hydrogen) atoms. The van der Waals surface area contributed by atoms with Crippen LogP contribution in [0, 0.1) is 11.8 Å². The van der Waals surface area contributed by atoms with Gasteiger partial charge in [-0.05, 0) is 20.8 Å². The molecule has 6 heterocycles. The molecule has 444 valence electrons. The van der Waals surface area contributed by atoms with Crippen molar-refractivity contribution < 1.29 is 154 Å². The van der Waals surface area contributed by atoms with Crippen LogP contribution in [0.25, 0.3) is 0 Å². The van der Waals surface area contributed by atoms with E-state index in [0.29, 0.717) is 0 Å². The molecule has 0 amide bonds. The van der Waals surface area contributed by atoms with E-state index >= 15 is 0 Å². The van der Waals surface area contributed by atoms with E-state index in [2.05, 4.69) is 0 Å². The van der Waals surface area contributed by atoms with Gasteiger partial charge in [0.15, 0.2) is 43.0 Å². The summed E-state index contributed by atoms with van der Waals surface area (Å²) in [4.78, 5) is 0. The average Bonchev–Trinajstić information content (AvgIpc) is 3.47. The highest BCUT2D eigenvalue weighted by atomic mass is 16.8. The van der Waals surface area contributed by atoms with E-state index in [0.717, 1.165) is 0 Å². The van der Waals surface area contributed by atoms with Crippen molar-refractivity contribution in [3.63, 3.8) is 0 Å². The summed E-state index contributed by atoms with van der Waals surface area (Å²) in [5.74, 6) is -4.79. The van der Waals surface area contributed by atoms with Gasteiger partial charge >= 0.3 is 0 Å². The number of rotatable bonds is 19. The van der Waals surface area contributed by atoms with Gasteiger partial charge in [-0.1, -0.05) is 13.8 Å². The number of hydrogen-bond acceptors (Lipinski definition) is 31. The summed E-state index contributed by atoms with van der Waals surface area (Å²) in [5.41, 5.74) is 0. The summed E-state index contributed by atoms with van der Waals surface area (Å²) in [6.45, 7) is 3.10. The van der Waals surface area contributed by atoms with E-state index in [4.69, 9.17) is 56.8 Å². The zero-order chi connectivity index (χ0) is 56.4. The predicted octanol–water partition coefficient (Wildman–Crippen LogP) is -9.23. The number of ether oxygens (including phenoxy) is 12. The van der Waals surface area contributed by atoms with Gasteiger partial charge < -0.3 is 154 Å².